The van der Waals surface area contributed by atoms with Crippen LogP contribution < -0.4 is 0 Å². The number of aliphatic imine (C=N–C) groups is 1. The molecule has 0 spiro atoms. The van der Waals surface area contributed by atoms with Crippen molar-refractivity contribution in [3.63, 3.8) is 0 Å². The third-order valence-electron chi connectivity index (χ3n) is 3.31. The molecule has 0 atom stereocenters. The number of rotatable bonds is 3. The quantitative estimate of drug-likeness (QED) is 0.674. The van der Waals surface area contributed by atoms with Gasteiger partial charge in [-0.05, 0) is 30.7 Å². The Bertz CT molecular complexity index is 825. The number of nitrogens with one attached hydrogen (secondary N) is 1. The van der Waals surface area contributed by atoms with Crippen LogP contribution in [0.3, 0.4) is 0 Å². The molecular formula is C17H14BrN3O. The number of hydrogen-bond donors (Lipinski definition) is 2. The summed E-state index contributed by atoms with van der Waals surface area (Å²) in [7, 11) is 0. The summed E-state index contributed by atoms with van der Waals surface area (Å²) in [5.41, 5.74) is 3.61. The highest BCUT2D eigenvalue weighted by Gasteiger charge is 2.11. The van der Waals surface area contributed by atoms with Crippen molar-refractivity contribution in [1.82, 2.24) is 10.2 Å². The van der Waals surface area contributed by atoms with Crippen LogP contribution in [0.1, 0.15) is 11.3 Å². The van der Waals surface area contributed by atoms with E-state index in [0.717, 1.165) is 21.3 Å². The molecule has 0 saturated heterocycles. The number of nitrogens with zero attached hydrogens (tertiary/aromatic N) is 2. The van der Waals surface area contributed by atoms with Crippen LogP contribution in [0.15, 0.2) is 58.0 Å². The summed E-state index contributed by atoms with van der Waals surface area (Å²) in [6.45, 7) is 1.96. The van der Waals surface area contributed by atoms with Crippen LogP contribution in [0.4, 0.5) is 5.82 Å². The van der Waals surface area contributed by atoms with Gasteiger partial charge in [-0.25, -0.2) is 4.99 Å². The number of aromatic hydroxyl groups is 1. The van der Waals surface area contributed by atoms with Crippen molar-refractivity contribution in [1.29, 1.82) is 0 Å². The SMILES string of the molecule is Cc1[nH]nc(N=Cc2cc(Br)ccc2O)c1-c1ccccc1. The van der Waals surface area contributed by atoms with Gasteiger partial charge >= 0.3 is 0 Å². The zero-order valence-corrected chi connectivity index (χ0v) is 13.5. The Kier molecular flexibility index (Phi) is 4.06. The topological polar surface area (TPSA) is 61.3 Å². The van der Waals surface area contributed by atoms with E-state index in [1.165, 1.54) is 0 Å². The molecule has 0 radical (unpaired) electrons. The number of halogens is 1. The third kappa shape index (κ3) is 2.94. The van der Waals surface area contributed by atoms with E-state index in [1.807, 2.05) is 37.3 Å². The monoisotopic (exact) mass is 355 g/mol. The lowest BCUT2D eigenvalue weighted by atomic mass is 10.1. The molecule has 0 aliphatic carbocycles. The average Bonchev–Trinajstić information content (AvgIpc) is 2.90. The fourth-order valence-electron chi connectivity index (χ4n) is 2.22. The first-order valence-corrected chi connectivity index (χ1v) is 7.57. The molecule has 4 nitrogen and oxygen atoms in total. The Labute approximate surface area is 136 Å². The van der Waals surface area contributed by atoms with E-state index in [2.05, 4.69) is 31.1 Å². The Hall–Kier alpha value is -2.40. The first-order chi connectivity index (χ1) is 10.6. The van der Waals surface area contributed by atoms with Crippen molar-refractivity contribution >= 4 is 28.0 Å². The molecule has 1 heterocycles. The number of aromatic amines is 1. The highest BCUT2D eigenvalue weighted by atomic mass is 79.9. The largest absolute Gasteiger partial charge is 0.507 e. The molecular weight excluding hydrogens is 342 g/mol. The molecule has 0 aliphatic heterocycles. The maximum Gasteiger partial charge on any atom is 0.181 e. The molecule has 1 aromatic heterocycles. The van der Waals surface area contributed by atoms with Crippen LogP contribution in [-0.4, -0.2) is 21.5 Å². The Morgan fingerprint density at radius 2 is 1.95 bits per heavy atom. The van der Waals surface area contributed by atoms with Crippen molar-refractivity contribution in [2.75, 3.05) is 0 Å². The van der Waals surface area contributed by atoms with Gasteiger partial charge in [-0.1, -0.05) is 46.3 Å². The van der Waals surface area contributed by atoms with Crippen LogP contribution in [0.2, 0.25) is 0 Å². The molecule has 0 unspecified atom stereocenters. The van der Waals surface area contributed by atoms with E-state index in [0.29, 0.717) is 11.4 Å². The van der Waals surface area contributed by atoms with Crippen LogP contribution in [0.5, 0.6) is 5.75 Å². The number of H-pyrrole nitrogens is 1. The smallest absolute Gasteiger partial charge is 0.181 e. The van der Waals surface area contributed by atoms with Gasteiger partial charge in [0.05, 0.1) is 0 Å². The van der Waals surface area contributed by atoms with Gasteiger partial charge < -0.3 is 5.11 Å². The van der Waals surface area contributed by atoms with Crippen LogP contribution >= 0.6 is 15.9 Å². The molecule has 0 bridgehead atoms. The van der Waals surface area contributed by atoms with Crippen LogP contribution in [-0.2, 0) is 0 Å². The Morgan fingerprint density at radius 3 is 2.73 bits per heavy atom. The number of phenolic OH excluding ortho intramolecular Hbond substituents is 1. The van der Waals surface area contributed by atoms with Gasteiger partial charge in [0.15, 0.2) is 5.82 Å². The second-order valence-corrected chi connectivity index (χ2v) is 5.79. The summed E-state index contributed by atoms with van der Waals surface area (Å²) in [6, 6.07) is 15.2. The molecule has 2 aromatic carbocycles. The molecule has 22 heavy (non-hydrogen) atoms. The number of hydrogen-bond acceptors (Lipinski definition) is 3. The van der Waals surface area contributed by atoms with Gasteiger partial charge in [-0.3, -0.25) is 5.10 Å². The lowest BCUT2D eigenvalue weighted by molar-refractivity contribution is 0.474. The minimum atomic E-state index is 0.181. The molecule has 3 rings (SSSR count). The van der Waals surface area contributed by atoms with Crippen molar-refractivity contribution in [2.45, 2.75) is 6.92 Å². The van der Waals surface area contributed by atoms with Crippen LogP contribution in [0.25, 0.3) is 11.1 Å². The predicted molar refractivity (Wildman–Crippen MR) is 91.8 cm³/mol. The Balaban J connectivity index is 2.00. The zero-order chi connectivity index (χ0) is 15.5. The van der Waals surface area contributed by atoms with E-state index < -0.39 is 0 Å². The highest BCUT2D eigenvalue weighted by molar-refractivity contribution is 9.10. The van der Waals surface area contributed by atoms with Gasteiger partial charge in [-0.15, -0.1) is 0 Å². The molecule has 0 aliphatic rings. The highest BCUT2D eigenvalue weighted by Crippen LogP contribution is 2.31. The third-order valence-corrected chi connectivity index (χ3v) is 3.80. The molecule has 110 valence electrons. The molecule has 0 amide bonds. The van der Waals surface area contributed by atoms with E-state index in [4.69, 9.17) is 0 Å². The second-order valence-electron chi connectivity index (χ2n) is 4.87. The first kappa shape index (κ1) is 14.5. The van der Waals surface area contributed by atoms with Crippen molar-refractivity contribution < 1.29 is 5.11 Å². The molecule has 5 heteroatoms. The summed E-state index contributed by atoms with van der Waals surface area (Å²) >= 11 is 3.38. The fourth-order valence-corrected chi connectivity index (χ4v) is 2.60. The van der Waals surface area contributed by atoms with E-state index >= 15 is 0 Å². The minimum absolute atomic E-state index is 0.181. The standard InChI is InChI=1S/C17H14BrN3O/c1-11-16(12-5-3-2-4-6-12)17(21-20-11)19-10-13-9-14(18)7-8-15(13)22/h2-10,22H,1H3,(H,20,21). The minimum Gasteiger partial charge on any atom is -0.507 e. The molecule has 2 N–H and O–H groups in total. The summed E-state index contributed by atoms with van der Waals surface area (Å²) in [5, 5.41) is 17.1. The van der Waals surface area contributed by atoms with Gasteiger partial charge in [0.25, 0.3) is 0 Å². The fraction of sp³-hybridized carbons (Fsp3) is 0.0588. The molecule has 0 saturated carbocycles. The normalized spacial score (nSPS) is 11.2. The van der Waals surface area contributed by atoms with Crippen molar-refractivity contribution in [2.24, 2.45) is 4.99 Å². The van der Waals surface area contributed by atoms with Crippen molar-refractivity contribution in [3.8, 4) is 16.9 Å². The Morgan fingerprint density at radius 1 is 1.18 bits per heavy atom. The van der Waals surface area contributed by atoms with E-state index in [-0.39, 0.29) is 5.75 Å². The maximum atomic E-state index is 9.86. The van der Waals surface area contributed by atoms with E-state index in [1.54, 1.807) is 24.4 Å². The van der Waals surface area contributed by atoms with Gasteiger partial charge in [0.1, 0.15) is 5.75 Å². The van der Waals surface area contributed by atoms with Crippen molar-refractivity contribution in [3.05, 3.63) is 64.3 Å². The molecule has 3 aromatic rings. The van der Waals surface area contributed by atoms with Gasteiger partial charge in [-0.2, -0.15) is 5.10 Å². The summed E-state index contributed by atoms with van der Waals surface area (Å²) in [6.07, 6.45) is 1.61. The second kappa shape index (κ2) is 6.15. The lowest BCUT2D eigenvalue weighted by Crippen LogP contribution is -1.83. The average molecular weight is 356 g/mol. The summed E-state index contributed by atoms with van der Waals surface area (Å²) in [5.74, 6) is 0.781. The number of aryl methyl sites for hydroxylation is 1. The first-order valence-electron chi connectivity index (χ1n) is 6.78. The maximum absolute atomic E-state index is 9.86. The predicted octanol–water partition coefficient (Wildman–Crippen LogP) is 4.60. The number of phenols is 1. The molecule has 0 fully saturated rings. The van der Waals surface area contributed by atoms with Gasteiger partial charge in [0, 0.05) is 27.5 Å². The van der Waals surface area contributed by atoms with Crippen LogP contribution in [0, 0.1) is 6.92 Å². The number of benzene rings is 2. The lowest BCUT2D eigenvalue weighted by Gasteiger charge is -2.01. The zero-order valence-electron chi connectivity index (χ0n) is 11.9. The summed E-state index contributed by atoms with van der Waals surface area (Å²) < 4.78 is 0.883. The van der Waals surface area contributed by atoms with E-state index in [9.17, 15) is 5.11 Å². The summed E-state index contributed by atoms with van der Waals surface area (Å²) in [4.78, 5) is 4.43. The number of aromatic nitrogens is 2. The van der Waals surface area contributed by atoms with Gasteiger partial charge in [0.2, 0.25) is 0 Å².